The van der Waals surface area contributed by atoms with E-state index in [-0.39, 0.29) is 0 Å². The molecule has 0 aliphatic carbocycles. The zero-order chi connectivity index (χ0) is 8.23. The van der Waals surface area contributed by atoms with Crippen LogP contribution in [0.15, 0.2) is 30.5 Å². The Morgan fingerprint density at radius 1 is 1.58 bits per heavy atom. The van der Waals surface area contributed by atoms with E-state index in [0.717, 1.165) is 11.1 Å². The fourth-order valence-corrected chi connectivity index (χ4v) is 1.02. The van der Waals surface area contributed by atoms with Gasteiger partial charge in [0.25, 0.3) is 0 Å². The standard InChI is InChI=1S/C10H8N2/c1-3-9(7-11-5-1)10-4-2-6-12-8-10/h1-6,11-12H. The summed E-state index contributed by atoms with van der Waals surface area (Å²) in [5.41, 5.74) is 2.02. The molecule has 1 aliphatic heterocycles. The Labute approximate surface area is 71.6 Å². The minimum atomic E-state index is 1.01. The molecule has 1 aromatic heterocycles. The van der Waals surface area contributed by atoms with Gasteiger partial charge in [0.15, 0.2) is 0 Å². The average Bonchev–Trinajstić information content (AvgIpc) is 2.21. The second-order valence-electron chi connectivity index (χ2n) is 2.42. The molecule has 2 heteroatoms. The maximum absolute atomic E-state index is 3.01. The van der Waals surface area contributed by atoms with Crippen molar-refractivity contribution in [2.75, 3.05) is 0 Å². The van der Waals surface area contributed by atoms with E-state index in [1.165, 1.54) is 0 Å². The number of hydrogen-bond acceptors (Lipinski definition) is 1. The highest BCUT2D eigenvalue weighted by atomic mass is 14.8. The topological polar surface area (TPSA) is 26.2 Å². The third-order valence-electron chi connectivity index (χ3n) is 1.59. The lowest BCUT2D eigenvalue weighted by molar-refractivity contribution is -0.383. The highest BCUT2D eigenvalue weighted by molar-refractivity contribution is 5.71. The van der Waals surface area contributed by atoms with Crippen LogP contribution in [0.4, 0.5) is 0 Å². The van der Waals surface area contributed by atoms with Gasteiger partial charge in [0.1, 0.15) is 0 Å². The quantitative estimate of drug-likeness (QED) is 0.597. The van der Waals surface area contributed by atoms with E-state index >= 15 is 0 Å². The lowest BCUT2D eigenvalue weighted by Gasteiger charge is -2.10. The highest BCUT2D eigenvalue weighted by Crippen LogP contribution is 2.13. The van der Waals surface area contributed by atoms with Crippen molar-refractivity contribution in [1.29, 1.82) is 0 Å². The average molecular weight is 156 g/mol. The van der Waals surface area contributed by atoms with Gasteiger partial charge in [-0.15, -0.1) is 6.54 Å². The van der Waals surface area contributed by atoms with Crippen LogP contribution in [-0.4, -0.2) is 0 Å². The molecule has 0 atom stereocenters. The zero-order valence-corrected chi connectivity index (χ0v) is 6.46. The first-order valence-electron chi connectivity index (χ1n) is 3.74. The predicted molar refractivity (Wildman–Crippen MR) is 45.1 cm³/mol. The van der Waals surface area contributed by atoms with Gasteiger partial charge in [-0.1, -0.05) is 12.1 Å². The van der Waals surface area contributed by atoms with Gasteiger partial charge in [-0.05, 0) is 0 Å². The summed E-state index contributed by atoms with van der Waals surface area (Å²) in [4.78, 5) is 2.90. The molecular formula is C10H8N2. The second kappa shape index (κ2) is 3.07. The van der Waals surface area contributed by atoms with E-state index in [1.54, 1.807) is 0 Å². The van der Waals surface area contributed by atoms with Crippen molar-refractivity contribution in [2.45, 2.75) is 0 Å². The van der Waals surface area contributed by atoms with E-state index < -0.39 is 0 Å². The molecule has 58 valence electrons. The van der Waals surface area contributed by atoms with Gasteiger partial charge in [-0.2, -0.15) is 0 Å². The Kier molecular flexibility index (Phi) is 1.77. The zero-order valence-electron chi connectivity index (χ0n) is 6.46. The van der Waals surface area contributed by atoms with Crippen molar-refractivity contribution in [1.82, 2.24) is 5.32 Å². The Bertz CT molecular complexity index is 312. The largest absolute Gasteiger partial charge is 0.357 e. The van der Waals surface area contributed by atoms with Gasteiger partial charge in [0.05, 0.1) is 6.20 Å². The smallest absolute Gasteiger partial charge is 0.220 e. The first-order chi connectivity index (χ1) is 5.97. The predicted octanol–water partition coefficient (Wildman–Crippen LogP) is 0.766. The van der Waals surface area contributed by atoms with E-state index in [0.29, 0.717) is 0 Å². The van der Waals surface area contributed by atoms with Crippen molar-refractivity contribution in [3.63, 3.8) is 0 Å². The van der Waals surface area contributed by atoms with Crippen molar-refractivity contribution in [3.05, 3.63) is 55.0 Å². The molecule has 2 N–H and O–H groups in total. The molecule has 2 heterocycles. The maximum Gasteiger partial charge on any atom is 0.220 e. The van der Waals surface area contributed by atoms with Gasteiger partial charge in [0, 0.05) is 17.3 Å². The van der Waals surface area contributed by atoms with Crippen molar-refractivity contribution < 1.29 is 4.98 Å². The lowest BCUT2D eigenvalue weighted by Crippen LogP contribution is -2.07. The molecule has 0 saturated carbocycles. The fourth-order valence-electron chi connectivity index (χ4n) is 1.02. The summed E-state index contributed by atoms with van der Waals surface area (Å²) in [5, 5.41) is 2.90. The minimum Gasteiger partial charge on any atom is -0.357 e. The third kappa shape index (κ3) is 1.29. The SMILES string of the molecule is [C+]1=C(c2[c-][nH+]ccc2)C=C[CH-]N1. The summed E-state index contributed by atoms with van der Waals surface area (Å²) in [6.45, 7) is 1.83. The number of nitrogens with one attached hydrogen (secondary N) is 2. The summed E-state index contributed by atoms with van der Waals surface area (Å²) in [6, 6.07) is 3.92. The van der Waals surface area contributed by atoms with Crippen LogP contribution in [0.5, 0.6) is 0 Å². The van der Waals surface area contributed by atoms with Crippen LogP contribution in [0.25, 0.3) is 5.57 Å². The molecule has 1 aliphatic rings. The number of aromatic nitrogens is 1. The molecule has 2 rings (SSSR count). The van der Waals surface area contributed by atoms with Crippen molar-refractivity contribution in [3.8, 4) is 0 Å². The molecule has 0 saturated heterocycles. The highest BCUT2D eigenvalue weighted by Gasteiger charge is 1.97. The molecule has 0 aromatic carbocycles. The summed E-state index contributed by atoms with van der Waals surface area (Å²) < 4.78 is 0. The second-order valence-corrected chi connectivity index (χ2v) is 2.42. The number of pyridine rings is 1. The molecule has 2 nitrogen and oxygen atoms in total. The minimum absolute atomic E-state index is 1.01. The molecular weight excluding hydrogens is 148 g/mol. The van der Waals surface area contributed by atoms with Gasteiger partial charge >= 0.3 is 0 Å². The number of dihydropyridines is 1. The number of aromatic amines is 1. The normalized spacial score (nSPS) is 13.8. The molecule has 0 spiro atoms. The summed E-state index contributed by atoms with van der Waals surface area (Å²) in [7, 11) is 0. The van der Waals surface area contributed by atoms with Crippen LogP contribution in [0.3, 0.4) is 0 Å². The maximum atomic E-state index is 3.01. The van der Waals surface area contributed by atoms with Crippen molar-refractivity contribution in [2.24, 2.45) is 0 Å². The van der Waals surface area contributed by atoms with Gasteiger partial charge in [-0.3, -0.25) is 4.98 Å². The molecule has 0 unspecified atom stereocenters. The van der Waals surface area contributed by atoms with Crippen LogP contribution in [-0.2, 0) is 0 Å². The third-order valence-corrected chi connectivity index (χ3v) is 1.59. The van der Waals surface area contributed by atoms with Crippen molar-refractivity contribution >= 4 is 5.57 Å². The van der Waals surface area contributed by atoms with E-state index in [2.05, 4.69) is 22.7 Å². The number of rotatable bonds is 1. The van der Waals surface area contributed by atoms with Crippen LogP contribution in [0.2, 0.25) is 0 Å². The number of allylic oxidation sites excluding steroid dienone is 2. The molecule has 0 amide bonds. The Morgan fingerprint density at radius 2 is 2.58 bits per heavy atom. The van der Waals surface area contributed by atoms with Gasteiger partial charge < -0.3 is 5.32 Å². The summed E-state index contributed by atoms with van der Waals surface area (Å²) in [6.07, 6.45) is 11.8. The van der Waals surface area contributed by atoms with Crippen LogP contribution < -0.4 is 10.3 Å². The van der Waals surface area contributed by atoms with E-state index in [4.69, 9.17) is 0 Å². The summed E-state index contributed by atoms with van der Waals surface area (Å²) in [5.74, 6) is 0. The molecule has 0 fully saturated rings. The molecule has 12 heavy (non-hydrogen) atoms. The van der Waals surface area contributed by atoms with Gasteiger partial charge in [-0.25, -0.2) is 12.2 Å². The fraction of sp³-hybridized carbons (Fsp3) is 0. The van der Waals surface area contributed by atoms with Crippen LogP contribution in [0, 0.1) is 18.9 Å². The first kappa shape index (κ1) is 6.89. The molecule has 0 bridgehead atoms. The van der Waals surface area contributed by atoms with E-state index in [9.17, 15) is 0 Å². The Hall–Kier alpha value is -1.79. The number of H-pyrrole nitrogens is 1. The molecule has 1 aromatic rings. The van der Waals surface area contributed by atoms with Crippen LogP contribution in [0.1, 0.15) is 5.56 Å². The molecule has 0 radical (unpaired) electrons. The Morgan fingerprint density at radius 3 is 3.25 bits per heavy atom. The van der Waals surface area contributed by atoms with E-state index in [1.807, 2.05) is 37.0 Å². The lowest BCUT2D eigenvalue weighted by atomic mass is 10.1. The number of hydrogen-bond donors (Lipinski definition) is 1. The van der Waals surface area contributed by atoms with Crippen LogP contribution >= 0.6 is 0 Å². The summed E-state index contributed by atoms with van der Waals surface area (Å²) >= 11 is 0. The Balaban J connectivity index is 2.31. The monoisotopic (exact) mass is 156 g/mol. The van der Waals surface area contributed by atoms with Gasteiger partial charge in [0.2, 0.25) is 6.20 Å². The first-order valence-corrected chi connectivity index (χ1v) is 3.74.